The van der Waals surface area contributed by atoms with E-state index in [1.54, 1.807) is 21.8 Å². The summed E-state index contributed by atoms with van der Waals surface area (Å²) >= 11 is 3.71. The number of hydrogen-bond donors (Lipinski definition) is 3. The van der Waals surface area contributed by atoms with Gasteiger partial charge in [-0.1, -0.05) is 27.7 Å². The van der Waals surface area contributed by atoms with Crippen molar-refractivity contribution in [3.8, 4) is 0 Å². The highest BCUT2D eigenvalue weighted by Gasteiger charge is 2.44. The van der Waals surface area contributed by atoms with Crippen LogP contribution in [0.15, 0.2) is 0 Å². The first-order chi connectivity index (χ1) is 11.7. The predicted octanol–water partition coefficient (Wildman–Crippen LogP) is -0.123. The lowest BCUT2D eigenvalue weighted by molar-refractivity contribution is -0.140. The molecule has 1 unspecified atom stereocenters. The van der Waals surface area contributed by atoms with Gasteiger partial charge in [0.2, 0.25) is 17.7 Å². The summed E-state index contributed by atoms with van der Waals surface area (Å²) in [4.78, 5) is 38.1. The van der Waals surface area contributed by atoms with Crippen molar-refractivity contribution in [1.82, 2.24) is 16.5 Å². The lowest BCUT2D eigenvalue weighted by Crippen LogP contribution is -2.63. The van der Waals surface area contributed by atoms with Gasteiger partial charge in [-0.2, -0.15) is 0 Å². The summed E-state index contributed by atoms with van der Waals surface area (Å²) < 4.78 is 2.58. The Balaban J connectivity index is 2.67. The highest BCUT2D eigenvalue weighted by molar-refractivity contribution is 14.1. The Hall–Kier alpha value is 0.0399. The molecule has 1 aliphatic heterocycles. The first-order valence-corrected chi connectivity index (χ1v) is 9.95. The van der Waals surface area contributed by atoms with E-state index >= 15 is 0 Å². The predicted molar refractivity (Wildman–Crippen MR) is 117 cm³/mol. The Morgan fingerprint density at radius 3 is 2.12 bits per heavy atom. The summed E-state index contributed by atoms with van der Waals surface area (Å²) in [5, 5.41) is 1.88. The number of halogens is 2. The number of nitrogens with two attached hydrogens (primary N) is 2. The maximum atomic E-state index is 12.5. The van der Waals surface area contributed by atoms with Crippen molar-refractivity contribution in [3.63, 3.8) is 0 Å². The van der Waals surface area contributed by atoms with Crippen LogP contribution in [-0.4, -0.2) is 55.6 Å². The van der Waals surface area contributed by atoms with Gasteiger partial charge in [-0.3, -0.25) is 31.0 Å². The zero-order chi connectivity index (χ0) is 20.3. The molecule has 0 aromatic carbocycles. The molecule has 1 heterocycles. The first kappa shape index (κ1) is 24.1. The molecule has 0 saturated carbocycles. The minimum Gasteiger partial charge on any atom is -0.363 e. The van der Waals surface area contributed by atoms with Crippen LogP contribution in [0.5, 0.6) is 0 Å². The maximum Gasteiger partial charge on any atom is 0.265 e. The molecule has 2 radical (unpaired) electrons. The van der Waals surface area contributed by atoms with Gasteiger partial charge in [0.05, 0.1) is 5.92 Å². The third-order valence-electron chi connectivity index (χ3n) is 4.04. The van der Waals surface area contributed by atoms with Crippen LogP contribution in [0.2, 0.25) is 0 Å². The molecule has 0 bridgehead atoms. The monoisotopic (exact) mass is 588 g/mol. The van der Waals surface area contributed by atoms with Crippen molar-refractivity contribution in [2.45, 2.75) is 45.9 Å². The van der Waals surface area contributed by atoms with Crippen molar-refractivity contribution < 1.29 is 14.4 Å². The third kappa shape index (κ3) is 7.22. The van der Waals surface area contributed by atoms with Crippen molar-refractivity contribution in [2.75, 3.05) is 6.54 Å². The summed E-state index contributed by atoms with van der Waals surface area (Å²) in [5.74, 6) is 10.1. The van der Waals surface area contributed by atoms with Gasteiger partial charge in [-0.15, -0.1) is 0 Å². The highest BCUT2D eigenvalue weighted by atomic mass is 127. The lowest BCUT2D eigenvalue weighted by atomic mass is 9.50. The summed E-state index contributed by atoms with van der Waals surface area (Å²) in [6.07, 6.45) is 0.195. The van der Waals surface area contributed by atoms with E-state index in [4.69, 9.17) is 11.7 Å². The molecule has 9 nitrogen and oxygen atoms in total. The van der Waals surface area contributed by atoms with Gasteiger partial charge in [0.1, 0.15) is 0 Å². The quantitative estimate of drug-likeness (QED) is 0.0903. The number of hydrazine groups is 2. The Bertz CT molecular complexity index is 548. The Kier molecular flexibility index (Phi) is 8.79. The van der Waals surface area contributed by atoms with Gasteiger partial charge in [-0.25, -0.2) is 6.27 Å². The molecule has 1 aliphatic rings. The Labute approximate surface area is 183 Å². The van der Waals surface area contributed by atoms with Crippen LogP contribution in [0.3, 0.4) is 0 Å². The smallest absolute Gasteiger partial charge is 0.265 e. The SMILES string of the molecule is CC([B]N(N)I)([B]N(N)I)NC(=O)CCN1C(=O)CC(C(C)(C)C)C1=O. The van der Waals surface area contributed by atoms with Gasteiger partial charge < -0.3 is 5.32 Å². The van der Waals surface area contributed by atoms with E-state index in [1.807, 2.05) is 66.5 Å². The van der Waals surface area contributed by atoms with Gasteiger partial charge in [0.25, 0.3) is 14.8 Å². The van der Waals surface area contributed by atoms with E-state index in [0.717, 1.165) is 0 Å². The second-order valence-corrected chi connectivity index (χ2v) is 9.76. The minimum atomic E-state index is -0.921. The van der Waals surface area contributed by atoms with Crippen LogP contribution in [0, 0.1) is 11.3 Å². The van der Waals surface area contributed by atoms with Gasteiger partial charge in [0, 0.05) is 70.5 Å². The molecule has 26 heavy (non-hydrogen) atoms. The van der Waals surface area contributed by atoms with Gasteiger partial charge >= 0.3 is 0 Å². The number of hydrogen-bond acceptors (Lipinski definition) is 7. The number of carbonyl (C=O) groups excluding carboxylic acids is 3. The molecule has 13 heteroatoms. The lowest BCUT2D eigenvalue weighted by Gasteiger charge is -2.32. The van der Waals surface area contributed by atoms with E-state index in [9.17, 15) is 14.4 Å². The first-order valence-electron chi connectivity index (χ1n) is 8.02. The number of imide groups is 1. The van der Waals surface area contributed by atoms with Crippen LogP contribution in [0.4, 0.5) is 0 Å². The molecule has 1 saturated heterocycles. The van der Waals surface area contributed by atoms with Crippen molar-refractivity contribution in [2.24, 2.45) is 23.0 Å². The second kappa shape index (κ2) is 9.49. The van der Waals surface area contributed by atoms with Crippen LogP contribution in [0.25, 0.3) is 0 Å². The van der Waals surface area contributed by atoms with Crippen molar-refractivity contribution in [1.29, 1.82) is 0 Å². The zero-order valence-electron chi connectivity index (χ0n) is 15.3. The fraction of sp³-hybridized carbons (Fsp3) is 0.769. The molecule has 1 fully saturated rings. The number of likely N-dealkylation sites (tertiary alicyclic amines) is 1. The van der Waals surface area contributed by atoms with Gasteiger partial charge in [0.15, 0.2) is 0 Å². The normalized spacial score (nSPS) is 18.7. The van der Waals surface area contributed by atoms with Crippen LogP contribution in [0.1, 0.15) is 40.5 Å². The minimum absolute atomic E-state index is 0.00322. The number of amides is 3. The number of nitrogens with one attached hydrogen (secondary N) is 1. The summed E-state index contributed by atoms with van der Waals surface area (Å²) in [7, 11) is 3.15. The van der Waals surface area contributed by atoms with Gasteiger partial charge in [-0.05, 0) is 5.41 Å². The topological polar surface area (TPSA) is 125 Å². The Morgan fingerprint density at radius 1 is 1.23 bits per heavy atom. The molecule has 0 aromatic rings. The van der Waals surface area contributed by atoms with E-state index in [1.165, 1.54) is 11.2 Å². The third-order valence-corrected chi connectivity index (χ3v) is 4.60. The molecule has 0 aliphatic carbocycles. The zero-order valence-corrected chi connectivity index (χ0v) is 19.6. The van der Waals surface area contributed by atoms with E-state index in [0.29, 0.717) is 0 Å². The number of carbonyl (C=O) groups is 3. The maximum absolute atomic E-state index is 12.5. The summed E-state index contributed by atoms with van der Waals surface area (Å²) in [6, 6.07) is 0. The standard InChI is InChI=1S/C13H24B2I2N6O3/c1-12(2,3)8-7-10(25)21(11(8)26)6-5-9(24)20-13(4,14-22(16)18)15-23(17)19/h8H,5-7,18-19H2,1-4H3,(H,20,24). The molecular weight excluding hydrogens is 564 g/mol. The second-order valence-electron chi connectivity index (χ2n) is 7.53. The van der Waals surface area contributed by atoms with Crippen molar-refractivity contribution in [3.05, 3.63) is 0 Å². The Morgan fingerprint density at radius 2 is 1.73 bits per heavy atom. The van der Waals surface area contributed by atoms with E-state index < -0.39 is 5.34 Å². The average Bonchev–Trinajstić information content (AvgIpc) is 2.69. The van der Waals surface area contributed by atoms with Crippen LogP contribution >= 0.6 is 45.7 Å². The molecule has 1 rings (SSSR count). The molecular formula is C13H24B2I2N6O3. The van der Waals surface area contributed by atoms with Crippen LogP contribution in [-0.2, 0) is 14.4 Å². The number of nitrogens with zero attached hydrogens (tertiary/aromatic N) is 3. The molecule has 3 amide bonds. The van der Waals surface area contributed by atoms with Crippen LogP contribution < -0.4 is 17.0 Å². The largest absolute Gasteiger partial charge is 0.363 e. The molecule has 5 N–H and O–H groups in total. The van der Waals surface area contributed by atoms with E-state index in [-0.39, 0.29) is 48.4 Å². The fourth-order valence-corrected chi connectivity index (χ4v) is 3.94. The molecule has 0 aromatic heterocycles. The summed E-state index contributed by atoms with van der Waals surface area (Å²) in [6.45, 7) is 7.58. The highest BCUT2D eigenvalue weighted by Crippen LogP contribution is 2.35. The average molecular weight is 588 g/mol. The molecule has 1 atom stereocenters. The fourth-order valence-electron chi connectivity index (χ4n) is 2.78. The number of rotatable bonds is 8. The molecule has 144 valence electrons. The van der Waals surface area contributed by atoms with Crippen molar-refractivity contribution >= 4 is 78.3 Å². The molecule has 0 spiro atoms. The summed E-state index contributed by atoms with van der Waals surface area (Å²) in [5.41, 5.74) is -0.290. The van der Waals surface area contributed by atoms with E-state index in [2.05, 4.69) is 5.32 Å².